The van der Waals surface area contributed by atoms with Crippen LogP contribution in [0.3, 0.4) is 0 Å². The Kier molecular flexibility index (Phi) is 6.32. The molecule has 0 radical (unpaired) electrons. The zero-order chi connectivity index (χ0) is 15.8. The SMILES string of the molecule is COc1cc(CC(=O)NCCC(=O)O)cc(OC)c1OC. The second-order valence-electron chi connectivity index (χ2n) is 4.20. The zero-order valence-corrected chi connectivity index (χ0v) is 12.3. The molecule has 1 aromatic rings. The number of aliphatic carboxylic acids is 1. The van der Waals surface area contributed by atoms with Crippen molar-refractivity contribution >= 4 is 11.9 Å². The predicted molar refractivity (Wildman–Crippen MR) is 75.1 cm³/mol. The maximum Gasteiger partial charge on any atom is 0.305 e. The third kappa shape index (κ3) is 4.87. The van der Waals surface area contributed by atoms with Crippen LogP contribution in [0, 0.1) is 0 Å². The second-order valence-corrected chi connectivity index (χ2v) is 4.20. The first kappa shape index (κ1) is 16.6. The van der Waals surface area contributed by atoms with E-state index in [9.17, 15) is 9.59 Å². The van der Waals surface area contributed by atoms with Crippen LogP contribution >= 0.6 is 0 Å². The van der Waals surface area contributed by atoms with E-state index in [0.29, 0.717) is 22.8 Å². The van der Waals surface area contributed by atoms with Gasteiger partial charge in [0.2, 0.25) is 11.7 Å². The normalized spacial score (nSPS) is 9.86. The van der Waals surface area contributed by atoms with E-state index in [4.69, 9.17) is 19.3 Å². The molecule has 0 aliphatic rings. The molecule has 0 atom stereocenters. The number of nitrogens with one attached hydrogen (secondary N) is 1. The summed E-state index contributed by atoms with van der Waals surface area (Å²) in [7, 11) is 4.49. The van der Waals surface area contributed by atoms with Crippen molar-refractivity contribution in [3.05, 3.63) is 17.7 Å². The average Bonchev–Trinajstić information content (AvgIpc) is 2.45. The van der Waals surface area contributed by atoms with Gasteiger partial charge in [0, 0.05) is 6.54 Å². The van der Waals surface area contributed by atoms with E-state index in [1.807, 2.05) is 0 Å². The first-order valence-electron chi connectivity index (χ1n) is 6.29. The largest absolute Gasteiger partial charge is 0.493 e. The molecule has 1 amide bonds. The van der Waals surface area contributed by atoms with Crippen LogP contribution in [0.4, 0.5) is 0 Å². The fourth-order valence-corrected chi connectivity index (χ4v) is 1.79. The molecule has 21 heavy (non-hydrogen) atoms. The van der Waals surface area contributed by atoms with Crippen molar-refractivity contribution in [1.82, 2.24) is 5.32 Å². The lowest BCUT2D eigenvalue weighted by atomic mass is 10.1. The predicted octanol–water partition coefficient (Wildman–Crippen LogP) is 0.846. The number of rotatable bonds is 8. The molecule has 0 spiro atoms. The van der Waals surface area contributed by atoms with Gasteiger partial charge in [-0.05, 0) is 17.7 Å². The van der Waals surface area contributed by atoms with Gasteiger partial charge in [-0.3, -0.25) is 9.59 Å². The molecule has 0 aromatic heterocycles. The highest BCUT2D eigenvalue weighted by molar-refractivity contribution is 5.79. The van der Waals surface area contributed by atoms with E-state index in [1.54, 1.807) is 12.1 Å². The average molecular weight is 297 g/mol. The van der Waals surface area contributed by atoms with Gasteiger partial charge in [-0.25, -0.2) is 0 Å². The van der Waals surface area contributed by atoms with Gasteiger partial charge in [-0.15, -0.1) is 0 Å². The summed E-state index contributed by atoms with van der Waals surface area (Å²) in [4.78, 5) is 22.1. The van der Waals surface area contributed by atoms with Crippen molar-refractivity contribution in [3.8, 4) is 17.2 Å². The molecule has 0 heterocycles. The van der Waals surface area contributed by atoms with Crippen LogP contribution in [0.5, 0.6) is 17.2 Å². The molecule has 0 aliphatic carbocycles. The summed E-state index contributed by atoms with van der Waals surface area (Å²) < 4.78 is 15.6. The molecule has 7 heteroatoms. The van der Waals surface area contributed by atoms with Gasteiger partial charge in [0.15, 0.2) is 11.5 Å². The van der Waals surface area contributed by atoms with Crippen LogP contribution < -0.4 is 19.5 Å². The number of hydrogen-bond acceptors (Lipinski definition) is 5. The highest BCUT2D eigenvalue weighted by Crippen LogP contribution is 2.38. The first-order valence-corrected chi connectivity index (χ1v) is 6.29. The second kappa shape index (κ2) is 7.98. The van der Waals surface area contributed by atoms with Gasteiger partial charge in [0.05, 0.1) is 34.2 Å². The molecule has 116 valence electrons. The highest BCUT2D eigenvalue weighted by Gasteiger charge is 2.14. The summed E-state index contributed by atoms with van der Waals surface area (Å²) >= 11 is 0. The van der Waals surface area contributed by atoms with Gasteiger partial charge in [0.25, 0.3) is 0 Å². The monoisotopic (exact) mass is 297 g/mol. The minimum absolute atomic E-state index is 0.0936. The molecular formula is C14H19NO6. The third-order valence-corrected chi connectivity index (χ3v) is 2.75. The van der Waals surface area contributed by atoms with Crippen molar-refractivity contribution in [2.75, 3.05) is 27.9 Å². The Balaban J connectivity index is 2.79. The van der Waals surface area contributed by atoms with E-state index >= 15 is 0 Å². The van der Waals surface area contributed by atoms with Gasteiger partial charge in [0.1, 0.15) is 0 Å². The van der Waals surface area contributed by atoms with Crippen LogP contribution in [0.1, 0.15) is 12.0 Å². The van der Waals surface area contributed by atoms with Gasteiger partial charge in [-0.2, -0.15) is 0 Å². The molecule has 1 aromatic carbocycles. The molecular weight excluding hydrogens is 278 g/mol. The Labute approximate surface area is 122 Å². The Morgan fingerprint density at radius 3 is 2.10 bits per heavy atom. The molecule has 7 nitrogen and oxygen atoms in total. The van der Waals surface area contributed by atoms with Gasteiger partial charge < -0.3 is 24.6 Å². The maximum absolute atomic E-state index is 11.7. The molecule has 0 saturated heterocycles. The number of carbonyl (C=O) groups excluding carboxylic acids is 1. The smallest absolute Gasteiger partial charge is 0.305 e. The summed E-state index contributed by atoms with van der Waals surface area (Å²) in [6.07, 6.45) is -0.0165. The van der Waals surface area contributed by atoms with Crippen molar-refractivity contribution < 1.29 is 28.9 Å². The summed E-state index contributed by atoms with van der Waals surface area (Å²) in [5.74, 6) is 0.152. The topological polar surface area (TPSA) is 94.1 Å². The Morgan fingerprint density at radius 1 is 1.10 bits per heavy atom. The Morgan fingerprint density at radius 2 is 1.67 bits per heavy atom. The quantitative estimate of drug-likeness (QED) is 0.738. The molecule has 0 fully saturated rings. The minimum Gasteiger partial charge on any atom is -0.493 e. The first-order chi connectivity index (χ1) is 10.0. The van der Waals surface area contributed by atoms with E-state index in [2.05, 4.69) is 5.32 Å². The maximum atomic E-state index is 11.7. The molecule has 0 aliphatic heterocycles. The van der Waals surface area contributed by atoms with E-state index in [1.165, 1.54) is 21.3 Å². The number of carboxylic acid groups (broad SMARTS) is 1. The fourth-order valence-electron chi connectivity index (χ4n) is 1.79. The summed E-state index contributed by atoms with van der Waals surface area (Å²) in [6, 6.07) is 3.36. The number of ether oxygens (including phenoxy) is 3. The van der Waals surface area contributed by atoms with Crippen molar-refractivity contribution in [2.24, 2.45) is 0 Å². The number of carboxylic acids is 1. The zero-order valence-electron chi connectivity index (χ0n) is 12.3. The molecule has 1 rings (SSSR count). The highest BCUT2D eigenvalue weighted by atomic mass is 16.5. The number of hydrogen-bond donors (Lipinski definition) is 2. The summed E-state index contributed by atoms with van der Waals surface area (Å²) in [5.41, 5.74) is 0.678. The third-order valence-electron chi connectivity index (χ3n) is 2.75. The minimum atomic E-state index is -0.955. The molecule has 0 bridgehead atoms. The molecule has 0 saturated carbocycles. The van der Waals surface area contributed by atoms with Crippen LogP contribution in [0.2, 0.25) is 0 Å². The summed E-state index contributed by atoms with van der Waals surface area (Å²) in [5, 5.41) is 11.0. The van der Waals surface area contributed by atoms with Crippen molar-refractivity contribution in [3.63, 3.8) is 0 Å². The lowest BCUT2D eigenvalue weighted by molar-refractivity contribution is -0.136. The number of amides is 1. The van der Waals surface area contributed by atoms with Crippen molar-refractivity contribution in [2.45, 2.75) is 12.8 Å². The standard InChI is InChI=1S/C14H19NO6/c1-19-10-6-9(7-11(20-2)14(10)21-3)8-12(16)15-5-4-13(17)18/h6-7H,4-5,8H2,1-3H3,(H,15,16)(H,17,18). The van der Waals surface area contributed by atoms with Crippen LogP contribution in [0.15, 0.2) is 12.1 Å². The fraction of sp³-hybridized carbons (Fsp3) is 0.429. The van der Waals surface area contributed by atoms with E-state index in [0.717, 1.165) is 0 Å². The van der Waals surface area contributed by atoms with E-state index in [-0.39, 0.29) is 25.3 Å². The molecule has 0 unspecified atom stereocenters. The van der Waals surface area contributed by atoms with Gasteiger partial charge in [-0.1, -0.05) is 0 Å². The lowest BCUT2D eigenvalue weighted by Crippen LogP contribution is -2.27. The van der Waals surface area contributed by atoms with Crippen molar-refractivity contribution in [1.29, 1.82) is 0 Å². The number of benzene rings is 1. The number of methoxy groups -OCH3 is 3. The van der Waals surface area contributed by atoms with Crippen LogP contribution in [0.25, 0.3) is 0 Å². The Bertz CT molecular complexity index is 489. The van der Waals surface area contributed by atoms with Crippen LogP contribution in [-0.4, -0.2) is 44.9 Å². The van der Waals surface area contributed by atoms with Gasteiger partial charge >= 0.3 is 5.97 Å². The van der Waals surface area contributed by atoms with E-state index < -0.39 is 5.97 Å². The van der Waals surface area contributed by atoms with Crippen LogP contribution in [-0.2, 0) is 16.0 Å². The number of carbonyl (C=O) groups is 2. The Hall–Kier alpha value is -2.44. The molecule has 2 N–H and O–H groups in total. The summed E-state index contributed by atoms with van der Waals surface area (Å²) in [6.45, 7) is 0.0958. The lowest BCUT2D eigenvalue weighted by Gasteiger charge is -2.14.